The van der Waals surface area contributed by atoms with Crippen molar-refractivity contribution in [2.45, 2.75) is 297 Å². The first kappa shape index (κ1) is 81.1. The molecule has 10 rings (SSSR count). The number of ketones is 2. The van der Waals surface area contributed by atoms with Gasteiger partial charge in [-0.2, -0.15) is 0 Å². The lowest BCUT2D eigenvalue weighted by atomic mass is 9.86. The first-order chi connectivity index (χ1) is 41.1. The number of halogens is 3. The van der Waals surface area contributed by atoms with Crippen LogP contribution < -0.4 is 68.8 Å². The largest absolute Gasteiger partial charge is 0.411 e. The molecule has 8 saturated carbocycles. The quantitative estimate of drug-likeness (QED) is 0.133. The number of nitrogens with two attached hydrogens (primary N) is 12. The van der Waals surface area contributed by atoms with Crippen molar-refractivity contribution in [3.63, 3.8) is 0 Å². The van der Waals surface area contributed by atoms with Crippen LogP contribution in [0.15, 0.2) is 22.2 Å². The van der Waals surface area contributed by atoms with E-state index in [9.17, 15) is 32.3 Å². The number of aliphatic hydroxyl groups excluding tert-OH is 2. The predicted molar refractivity (Wildman–Crippen MR) is 340 cm³/mol. The maximum absolute atomic E-state index is 12.3. The Morgan fingerprint density at radius 2 is 1.05 bits per heavy atom. The molecule has 0 spiro atoms. The van der Waals surface area contributed by atoms with Gasteiger partial charge in [-0.25, -0.2) is 18.0 Å². The van der Waals surface area contributed by atoms with Gasteiger partial charge in [0.15, 0.2) is 0 Å². The molecule has 9 fully saturated rings. The van der Waals surface area contributed by atoms with Crippen molar-refractivity contribution in [2.75, 3.05) is 26.8 Å². The van der Waals surface area contributed by atoms with Gasteiger partial charge in [-0.15, -0.1) is 0 Å². The molecule has 508 valence electrons. The zero-order valence-electron chi connectivity index (χ0n) is 52.7. The van der Waals surface area contributed by atoms with Gasteiger partial charge >= 0.3 is 6.03 Å². The molecule has 10 aliphatic rings. The second kappa shape index (κ2) is 47.1. The SMILES string of the molecule is CON=C1CCC(N)CC1.NC(=O)C1CCC(N)CC1.NC(=O)N1CCC(N)C1.NC1CC=C(F)CC1.NC1CCC(=NO)CC1.NC1CCC(=O)CC1.NC1CCC(CO)CC1.NC1CCC(F)(F)CC1.NC1CCC(O)C1.NC1CCCC(=O)C1. The summed E-state index contributed by atoms with van der Waals surface area (Å²) in [5.41, 5.74) is 67.7. The number of alkyl halides is 2. The molecular weight excluding hydrogens is 1130 g/mol. The summed E-state index contributed by atoms with van der Waals surface area (Å²) in [7, 11) is 1.58. The summed E-state index contributed by atoms with van der Waals surface area (Å²) >= 11 is 0. The van der Waals surface area contributed by atoms with Crippen LogP contribution in [-0.4, -0.2) is 154 Å². The van der Waals surface area contributed by atoms with Crippen LogP contribution in [0.25, 0.3) is 0 Å². The fourth-order valence-electron chi connectivity index (χ4n) is 10.9. The number of carbonyl (C=O) groups excluding carboxylic acids is 4. The Balaban J connectivity index is 0.000000484. The number of nitrogens with zero attached hydrogens (tertiary/aromatic N) is 3. The highest BCUT2D eigenvalue weighted by atomic mass is 19.3. The molecule has 0 aromatic rings. The van der Waals surface area contributed by atoms with E-state index in [4.69, 9.17) is 84.2 Å². The van der Waals surface area contributed by atoms with E-state index in [1.165, 1.54) is 0 Å². The van der Waals surface area contributed by atoms with Crippen molar-refractivity contribution in [2.24, 2.45) is 91.0 Å². The summed E-state index contributed by atoms with van der Waals surface area (Å²) in [5, 5.41) is 32.9. The van der Waals surface area contributed by atoms with Crippen molar-refractivity contribution in [1.29, 1.82) is 0 Å². The van der Waals surface area contributed by atoms with Crippen LogP contribution >= 0.6 is 0 Å². The van der Waals surface area contributed by atoms with Crippen LogP contribution in [0.4, 0.5) is 18.0 Å². The average molecular weight is 1250 g/mol. The summed E-state index contributed by atoms with van der Waals surface area (Å²) in [5.74, 6) is -1.21. The Morgan fingerprint density at radius 3 is 1.37 bits per heavy atom. The number of carbonyl (C=O) groups is 4. The highest BCUT2D eigenvalue weighted by Crippen LogP contribution is 2.32. The third-order valence-electron chi connectivity index (χ3n) is 17.1. The van der Waals surface area contributed by atoms with Crippen molar-refractivity contribution < 1.29 is 52.6 Å². The molecule has 27 N–H and O–H groups in total. The van der Waals surface area contributed by atoms with Gasteiger partial charge in [0.1, 0.15) is 18.7 Å². The van der Waals surface area contributed by atoms with E-state index in [-0.39, 0.29) is 72.8 Å². The number of allylic oxidation sites excluding steroid dienone is 1. The molecule has 0 bridgehead atoms. The number of primary amides is 2. The number of oxime groups is 2. The van der Waals surface area contributed by atoms with Gasteiger partial charge in [-0.1, -0.05) is 16.4 Å². The highest BCUT2D eigenvalue weighted by molar-refractivity contribution is 5.85. The van der Waals surface area contributed by atoms with E-state index in [2.05, 4.69) is 15.1 Å². The molecule has 23 nitrogen and oxygen atoms in total. The third-order valence-corrected chi connectivity index (χ3v) is 17.1. The molecule has 5 unspecified atom stereocenters. The smallest absolute Gasteiger partial charge is 0.314 e. The Hall–Kier alpha value is -3.93. The molecule has 9 aliphatic carbocycles. The molecule has 1 aliphatic heterocycles. The fraction of sp³-hybridized carbons (Fsp3) is 0.869. The lowest BCUT2D eigenvalue weighted by molar-refractivity contribution is -0.123. The van der Waals surface area contributed by atoms with Crippen LogP contribution in [0.2, 0.25) is 0 Å². The second-order valence-corrected chi connectivity index (χ2v) is 25.4. The van der Waals surface area contributed by atoms with Crippen molar-refractivity contribution in [1.82, 2.24) is 4.90 Å². The topological polar surface area (TPSA) is 478 Å². The summed E-state index contributed by atoms with van der Waals surface area (Å²) in [6.07, 6.45) is 30.6. The fourth-order valence-corrected chi connectivity index (χ4v) is 10.9. The Labute approximate surface area is 517 Å². The van der Waals surface area contributed by atoms with Gasteiger partial charge in [-0.05, 0) is 186 Å². The molecular formula is C61H120F3N15O8. The van der Waals surface area contributed by atoms with Gasteiger partial charge in [0.25, 0.3) is 0 Å². The van der Waals surface area contributed by atoms with Crippen LogP contribution in [0.3, 0.4) is 0 Å². The van der Waals surface area contributed by atoms with E-state index >= 15 is 0 Å². The molecule has 0 radical (unpaired) electrons. The summed E-state index contributed by atoms with van der Waals surface area (Å²) in [6, 6.07) is 2.16. The van der Waals surface area contributed by atoms with E-state index in [1.54, 1.807) is 18.1 Å². The van der Waals surface area contributed by atoms with Gasteiger partial charge in [0.2, 0.25) is 11.8 Å². The predicted octanol–water partition coefficient (Wildman–Crippen LogP) is 4.84. The number of urea groups is 1. The van der Waals surface area contributed by atoms with E-state index in [1.807, 2.05) is 0 Å². The molecule has 3 amide bonds. The Bertz CT molecular complexity index is 1920. The normalized spacial score (nSPS) is 30.4. The number of amides is 3. The zero-order valence-corrected chi connectivity index (χ0v) is 52.7. The maximum atomic E-state index is 12.3. The molecule has 87 heavy (non-hydrogen) atoms. The Morgan fingerprint density at radius 1 is 0.575 bits per heavy atom. The van der Waals surface area contributed by atoms with Crippen molar-refractivity contribution in [3.8, 4) is 0 Å². The van der Waals surface area contributed by atoms with E-state index < -0.39 is 5.92 Å². The van der Waals surface area contributed by atoms with E-state index in [0.29, 0.717) is 106 Å². The van der Waals surface area contributed by atoms with Gasteiger partial charge in [-0.3, -0.25) is 14.4 Å². The molecule has 26 heteroatoms. The van der Waals surface area contributed by atoms with Crippen molar-refractivity contribution in [3.05, 3.63) is 11.9 Å². The first-order valence-corrected chi connectivity index (χ1v) is 32.4. The second-order valence-electron chi connectivity index (χ2n) is 25.4. The molecule has 1 saturated heterocycles. The van der Waals surface area contributed by atoms with Crippen LogP contribution in [0.1, 0.15) is 225 Å². The van der Waals surface area contributed by atoms with Crippen LogP contribution in [0.5, 0.6) is 0 Å². The van der Waals surface area contributed by atoms with Crippen LogP contribution in [-0.2, 0) is 19.2 Å². The number of hydrogen-bond donors (Lipinski definition) is 15. The standard InChI is InChI=1S/2C7H14N2O.C7H15NO.C6H11F2N.C6H10FN.C6H12N2O.2C6H11NO.C5H11N3O.C5H11NO/c1-10-9-7-4-2-6(8)3-5-7;8-6-3-1-5(2-4-6)7(9)10;8-7-3-1-6(5-9)2-4-7;7-6(8)3-1-5(9)2-4-6;7-5-1-3-6(8)4-2-5;7-5-1-3-6(8-9)4-2-5;7-5-1-3-6(8)4-2-5;7-5-2-1-3-6(8)4-5;6-4-1-2-8(3-4)5(7)9;6-4-1-2-5(7)3-4/h6H,2-5,8H2,1H3;5-6H,1-4,8H2,(H2,9,10);6-7,9H,1-5,8H2;5H,1-4,9H2;1,6H,2-4,8H2;5,9H,1-4,7H2;2*5H,1-4,7H2;4H,1-3,6H2,(H2,7,9);4-5,7H,1-3,6H2. The maximum Gasteiger partial charge on any atom is 0.314 e. The van der Waals surface area contributed by atoms with Gasteiger partial charge in [0.05, 0.1) is 23.4 Å². The summed E-state index contributed by atoms with van der Waals surface area (Å²) in [6.45, 7) is 1.69. The number of Topliss-reactive ketones (excluding diaryl/α,β-unsaturated/α-hetero) is 2. The minimum Gasteiger partial charge on any atom is -0.411 e. The third kappa shape index (κ3) is 42.7. The highest BCUT2D eigenvalue weighted by Gasteiger charge is 2.33. The number of aliphatic hydroxyl groups is 2. The van der Waals surface area contributed by atoms with Gasteiger partial charge < -0.3 is 94.0 Å². The molecule has 0 aromatic carbocycles. The lowest BCUT2D eigenvalue weighted by Gasteiger charge is -2.25. The summed E-state index contributed by atoms with van der Waals surface area (Å²) < 4.78 is 36.8. The first-order valence-electron chi connectivity index (χ1n) is 32.4. The van der Waals surface area contributed by atoms with Crippen LogP contribution in [0, 0.1) is 11.8 Å². The zero-order chi connectivity index (χ0) is 65.3. The van der Waals surface area contributed by atoms with Gasteiger partial charge in [0, 0.05) is 131 Å². The summed E-state index contributed by atoms with van der Waals surface area (Å²) in [4.78, 5) is 48.5. The monoisotopic (exact) mass is 1250 g/mol. The number of likely N-dealkylation sites (tertiary alicyclic amines) is 1. The minimum atomic E-state index is -2.42. The number of rotatable bonds is 3. The average Bonchev–Trinajstić information content (AvgIpc) is 4.30. The molecule has 1 heterocycles. The van der Waals surface area contributed by atoms with Crippen molar-refractivity contribution >= 4 is 34.9 Å². The minimum absolute atomic E-state index is 0.00620. The molecule has 0 aromatic heterocycles. The molecule has 5 atom stereocenters. The Kier molecular flexibility index (Phi) is 43.9. The lowest BCUT2D eigenvalue weighted by Crippen LogP contribution is -2.35. The van der Waals surface area contributed by atoms with E-state index in [0.717, 1.165) is 185 Å². The number of hydrogen-bond acceptors (Lipinski definition) is 20.